The molecule has 0 aliphatic carbocycles. The van der Waals surface area contributed by atoms with Gasteiger partial charge in [0.05, 0.1) is 17.2 Å². The topological polar surface area (TPSA) is 158 Å². The Morgan fingerprint density at radius 2 is 1.49 bits per heavy atom. The highest BCUT2D eigenvalue weighted by Crippen LogP contribution is 2.15. The fourth-order valence-corrected chi connectivity index (χ4v) is 4.72. The maximum absolute atomic E-state index is 12.6. The Labute approximate surface area is 227 Å². The maximum Gasteiger partial charge on any atom is 0.272 e. The van der Waals surface area contributed by atoms with E-state index >= 15 is 0 Å². The number of nitrogens with one attached hydrogen (secondary N) is 3. The summed E-state index contributed by atoms with van der Waals surface area (Å²) in [5.41, 5.74) is 0.981. The number of unbranched alkanes of at least 4 members (excludes halogenated alkanes) is 1. The molecule has 2 heterocycles. The molecule has 0 saturated carbocycles. The van der Waals surface area contributed by atoms with Crippen LogP contribution in [0.4, 0.5) is 5.69 Å². The second-order valence-electron chi connectivity index (χ2n) is 8.49. The Balaban J connectivity index is 1.42. The number of amides is 1. The van der Waals surface area contributed by atoms with Gasteiger partial charge >= 0.3 is 0 Å². The molecule has 0 bridgehead atoms. The number of H-pyrrole nitrogens is 2. The zero-order valence-corrected chi connectivity index (χ0v) is 22.2. The first-order valence-corrected chi connectivity index (χ1v) is 14.3. The van der Waals surface area contributed by atoms with Crippen molar-refractivity contribution in [3.63, 3.8) is 0 Å². The van der Waals surface area contributed by atoms with Crippen molar-refractivity contribution >= 4 is 45.2 Å². The Kier molecular flexibility index (Phi) is 8.92. The molecule has 0 fully saturated rings. The van der Waals surface area contributed by atoms with E-state index in [-0.39, 0.29) is 35.4 Å². The number of hydrogen-bond acceptors (Lipinski definition) is 7. The second kappa shape index (κ2) is 12.5. The van der Waals surface area contributed by atoms with E-state index in [1.807, 2.05) is 5.38 Å². The molecule has 39 heavy (non-hydrogen) atoms. The molecule has 10 nitrogen and oxygen atoms in total. The summed E-state index contributed by atoms with van der Waals surface area (Å²) in [6, 6.07) is 17.2. The lowest BCUT2D eigenvalue weighted by Crippen LogP contribution is -2.46. The predicted octanol–water partition coefficient (Wildman–Crippen LogP) is 2.08. The van der Waals surface area contributed by atoms with E-state index in [1.54, 1.807) is 60.7 Å². The number of anilines is 1. The van der Waals surface area contributed by atoms with Gasteiger partial charge < -0.3 is 20.0 Å². The van der Waals surface area contributed by atoms with E-state index < -0.39 is 21.2 Å². The summed E-state index contributed by atoms with van der Waals surface area (Å²) in [7, 11) is -3.97. The summed E-state index contributed by atoms with van der Waals surface area (Å²) in [6.07, 6.45) is 3.82. The van der Waals surface area contributed by atoms with Gasteiger partial charge in [0.2, 0.25) is 0 Å². The average molecular weight is 568 g/mol. The molecule has 0 aliphatic rings. The van der Waals surface area contributed by atoms with Crippen molar-refractivity contribution in [3.8, 4) is 5.75 Å². The molecule has 202 valence electrons. The molecule has 4 rings (SSSR count). The van der Waals surface area contributed by atoms with Gasteiger partial charge in [0.15, 0.2) is 0 Å². The Hall–Kier alpha value is -4.26. The summed E-state index contributed by atoms with van der Waals surface area (Å²) in [5.74, 6) is 0.0456. The Bertz CT molecular complexity index is 1770. The molecule has 1 amide bonds. The van der Waals surface area contributed by atoms with Crippen LogP contribution in [-0.4, -0.2) is 41.2 Å². The molecule has 0 unspecified atom stereocenters. The van der Waals surface area contributed by atoms with E-state index in [4.69, 9.17) is 9.29 Å². The van der Waals surface area contributed by atoms with Crippen molar-refractivity contribution in [2.75, 3.05) is 17.7 Å². The molecule has 4 aromatic rings. The zero-order chi connectivity index (χ0) is 27.8. The van der Waals surface area contributed by atoms with Crippen molar-refractivity contribution in [2.24, 2.45) is 0 Å². The predicted molar refractivity (Wildman–Crippen MR) is 150 cm³/mol. The van der Waals surface area contributed by atoms with Crippen molar-refractivity contribution < 1.29 is 22.5 Å². The molecule has 2 aromatic heterocycles. The summed E-state index contributed by atoms with van der Waals surface area (Å²) in [6.45, 7) is 0.288. The lowest BCUT2D eigenvalue weighted by molar-refractivity contribution is 0.103. The second-order valence-corrected chi connectivity index (χ2v) is 11.0. The third-order valence-electron chi connectivity index (χ3n) is 5.47. The van der Waals surface area contributed by atoms with Crippen LogP contribution in [0.3, 0.4) is 0 Å². The van der Waals surface area contributed by atoms with Crippen LogP contribution >= 0.6 is 11.3 Å². The number of carbonyl (C=O) groups excluding carboxylic acids is 1. The van der Waals surface area contributed by atoms with Gasteiger partial charge in [-0.2, -0.15) is 8.42 Å². The Morgan fingerprint density at radius 3 is 2.03 bits per heavy atom. The lowest BCUT2D eigenvalue weighted by atomic mass is 10.2. The van der Waals surface area contributed by atoms with Crippen LogP contribution in [0.15, 0.2) is 75.6 Å². The number of aromatic amines is 2. The SMILES string of the molecule is O=C(Nc1ccc(/C=c2\[nH]c(=O)/c(=C/c3ccc(OCCCCS(=O)(=O)O)cc3)[nH]c2=O)cc1)c1cccs1. The fraction of sp³-hybridized carbons (Fsp3) is 0.148. The van der Waals surface area contributed by atoms with Crippen molar-refractivity contribution in [3.05, 3.63) is 113 Å². The summed E-state index contributed by atoms with van der Waals surface area (Å²) in [4.78, 5) is 43.2. The van der Waals surface area contributed by atoms with Gasteiger partial charge in [-0.05, 0) is 71.8 Å². The van der Waals surface area contributed by atoms with E-state index in [0.717, 1.165) is 0 Å². The quantitative estimate of drug-likeness (QED) is 0.169. The van der Waals surface area contributed by atoms with Crippen molar-refractivity contribution in [1.29, 1.82) is 0 Å². The summed E-state index contributed by atoms with van der Waals surface area (Å²) in [5, 5.41) is 4.80. The van der Waals surface area contributed by atoms with Crippen LogP contribution in [-0.2, 0) is 10.1 Å². The first-order valence-electron chi connectivity index (χ1n) is 11.9. The molecular weight excluding hydrogens is 542 g/mol. The standard InChI is InChI=1S/C27H25N3O7S2/c31-25-22(16-18-5-9-20(10-6-18)28-27(33)24-4-3-14-38-24)29-26(32)23(30-25)17-19-7-11-21(12-8-19)37-13-1-2-15-39(34,35)36/h3-12,14,16-17H,1-2,13,15H2,(H,28,33)(H,29,32)(H,30,31)(H,34,35,36)/b22-16-,23-17-. The molecule has 0 atom stereocenters. The van der Waals surface area contributed by atoms with Crippen LogP contribution in [0.1, 0.15) is 33.6 Å². The highest BCUT2D eigenvalue weighted by Gasteiger charge is 2.07. The first-order chi connectivity index (χ1) is 18.7. The van der Waals surface area contributed by atoms with Gasteiger partial charge in [0.25, 0.3) is 27.1 Å². The highest BCUT2D eigenvalue weighted by molar-refractivity contribution is 7.85. The molecule has 4 N–H and O–H groups in total. The number of ether oxygens (including phenoxy) is 1. The van der Waals surface area contributed by atoms with Crippen LogP contribution in [0.25, 0.3) is 12.2 Å². The van der Waals surface area contributed by atoms with Gasteiger partial charge in [-0.15, -0.1) is 11.3 Å². The number of rotatable bonds is 10. The van der Waals surface area contributed by atoms with Crippen molar-refractivity contribution in [1.82, 2.24) is 9.97 Å². The minimum atomic E-state index is -3.97. The number of carbonyl (C=O) groups is 1. The minimum absolute atomic E-state index is 0.0858. The van der Waals surface area contributed by atoms with Crippen LogP contribution in [0.5, 0.6) is 5.75 Å². The summed E-state index contributed by atoms with van der Waals surface area (Å²) >= 11 is 1.34. The molecule has 0 spiro atoms. The normalized spacial score (nSPS) is 12.4. The molecule has 12 heteroatoms. The average Bonchev–Trinajstić information content (AvgIpc) is 3.44. The van der Waals surface area contributed by atoms with Crippen LogP contribution < -0.4 is 31.9 Å². The minimum Gasteiger partial charge on any atom is -0.494 e. The van der Waals surface area contributed by atoms with Gasteiger partial charge in [-0.3, -0.25) is 18.9 Å². The largest absolute Gasteiger partial charge is 0.494 e. The first kappa shape index (κ1) is 27.8. The van der Waals surface area contributed by atoms with Gasteiger partial charge in [0.1, 0.15) is 16.4 Å². The third-order valence-corrected chi connectivity index (χ3v) is 7.14. The van der Waals surface area contributed by atoms with E-state index in [0.29, 0.717) is 33.9 Å². The fourth-order valence-electron chi connectivity index (χ4n) is 3.53. The highest BCUT2D eigenvalue weighted by atomic mass is 32.2. The lowest BCUT2D eigenvalue weighted by Gasteiger charge is -2.06. The number of benzene rings is 2. The number of aromatic nitrogens is 2. The van der Waals surface area contributed by atoms with Gasteiger partial charge in [-0.1, -0.05) is 30.3 Å². The van der Waals surface area contributed by atoms with Crippen LogP contribution in [0.2, 0.25) is 0 Å². The molecule has 0 saturated heterocycles. The molecule has 0 aliphatic heterocycles. The van der Waals surface area contributed by atoms with Crippen LogP contribution in [0, 0.1) is 0 Å². The van der Waals surface area contributed by atoms with E-state index in [2.05, 4.69) is 15.3 Å². The number of hydrogen-bond donors (Lipinski definition) is 4. The molecule has 2 aromatic carbocycles. The smallest absolute Gasteiger partial charge is 0.272 e. The van der Waals surface area contributed by atoms with E-state index in [1.165, 1.54) is 23.5 Å². The number of thiophene rings is 1. The van der Waals surface area contributed by atoms with Gasteiger partial charge in [0, 0.05) is 5.69 Å². The maximum atomic E-state index is 12.6. The van der Waals surface area contributed by atoms with Gasteiger partial charge in [-0.25, -0.2) is 0 Å². The van der Waals surface area contributed by atoms with Crippen molar-refractivity contribution in [2.45, 2.75) is 12.8 Å². The zero-order valence-electron chi connectivity index (χ0n) is 20.5. The molecule has 0 radical (unpaired) electrons. The Morgan fingerprint density at radius 1 is 0.897 bits per heavy atom. The summed E-state index contributed by atoms with van der Waals surface area (Å²) < 4.78 is 35.7. The molecular formula is C27H25N3O7S2. The third kappa shape index (κ3) is 8.37. The van der Waals surface area contributed by atoms with E-state index in [9.17, 15) is 22.8 Å². The monoisotopic (exact) mass is 567 g/mol.